The molecule has 0 spiro atoms. The molecule has 96 valence electrons. The molecular formula is C11H7F3O3S. The highest BCUT2D eigenvalue weighted by Crippen LogP contribution is 2.32. The van der Waals surface area contributed by atoms with Gasteiger partial charge in [0.05, 0.1) is 0 Å². The molecule has 0 aliphatic heterocycles. The van der Waals surface area contributed by atoms with Crippen LogP contribution in [0.25, 0.3) is 10.1 Å². The molecule has 1 heterocycles. The fourth-order valence-electron chi connectivity index (χ4n) is 1.50. The summed E-state index contributed by atoms with van der Waals surface area (Å²) in [5.41, 5.74) is 0.751. The predicted octanol–water partition coefficient (Wildman–Crippen LogP) is 3.47. The summed E-state index contributed by atoms with van der Waals surface area (Å²) in [7, 11) is 0. The molecule has 2 rings (SSSR count). The third-order valence-corrected chi connectivity index (χ3v) is 3.16. The van der Waals surface area contributed by atoms with Crippen LogP contribution in [0.15, 0.2) is 23.6 Å². The van der Waals surface area contributed by atoms with E-state index < -0.39 is 6.36 Å². The van der Waals surface area contributed by atoms with E-state index >= 15 is 0 Å². The number of hydrogen-bond acceptors (Lipinski definition) is 4. The predicted molar refractivity (Wildman–Crippen MR) is 59.4 cm³/mol. The van der Waals surface area contributed by atoms with Gasteiger partial charge in [0, 0.05) is 10.3 Å². The Labute approximate surface area is 104 Å². The summed E-state index contributed by atoms with van der Waals surface area (Å²) in [4.78, 5) is 10.1. The Balaban J connectivity index is 2.28. The number of ether oxygens (including phenoxy) is 2. The Morgan fingerprint density at radius 2 is 2.11 bits per heavy atom. The maximum Gasteiger partial charge on any atom is 0.573 e. The van der Waals surface area contributed by atoms with Crippen molar-refractivity contribution in [3.05, 3.63) is 29.1 Å². The molecule has 1 aromatic carbocycles. The van der Waals surface area contributed by atoms with Crippen molar-refractivity contribution in [1.29, 1.82) is 0 Å². The van der Waals surface area contributed by atoms with Gasteiger partial charge in [-0.2, -0.15) is 0 Å². The average Bonchev–Trinajstić information content (AvgIpc) is 2.66. The van der Waals surface area contributed by atoms with E-state index in [1.165, 1.54) is 29.5 Å². The van der Waals surface area contributed by atoms with Crippen LogP contribution in [0, 0.1) is 0 Å². The van der Waals surface area contributed by atoms with Crippen LogP contribution >= 0.6 is 11.3 Å². The van der Waals surface area contributed by atoms with Gasteiger partial charge in [0.2, 0.25) is 0 Å². The zero-order valence-corrected chi connectivity index (χ0v) is 9.68. The molecule has 0 unspecified atom stereocenters. The summed E-state index contributed by atoms with van der Waals surface area (Å²) in [5.74, 6) is -0.264. The van der Waals surface area contributed by atoms with Crippen molar-refractivity contribution in [2.24, 2.45) is 0 Å². The second kappa shape index (κ2) is 4.85. The van der Waals surface area contributed by atoms with E-state index in [0.717, 1.165) is 10.9 Å². The number of benzene rings is 1. The van der Waals surface area contributed by atoms with Gasteiger partial charge in [0.25, 0.3) is 6.47 Å². The molecule has 0 aliphatic rings. The SMILES string of the molecule is O=COCc1csc2cc(OC(F)(F)F)ccc12. The van der Waals surface area contributed by atoms with E-state index in [2.05, 4.69) is 9.47 Å². The van der Waals surface area contributed by atoms with E-state index in [1.807, 2.05) is 0 Å². The Hall–Kier alpha value is -1.76. The van der Waals surface area contributed by atoms with Gasteiger partial charge in [-0.05, 0) is 29.0 Å². The van der Waals surface area contributed by atoms with Gasteiger partial charge < -0.3 is 9.47 Å². The number of rotatable bonds is 4. The highest BCUT2D eigenvalue weighted by Gasteiger charge is 2.31. The third kappa shape index (κ3) is 2.92. The smallest absolute Gasteiger partial charge is 0.463 e. The van der Waals surface area contributed by atoms with Gasteiger partial charge in [0.1, 0.15) is 12.4 Å². The first-order chi connectivity index (χ1) is 8.49. The highest BCUT2D eigenvalue weighted by molar-refractivity contribution is 7.17. The molecule has 7 heteroatoms. The van der Waals surface area contributed by atoms with E-state index in [4.69, 9.17) is 0 Å². The molecule has 3 nitrogen and oxygen atoms in total. The summed E-state index contributed by atoms with van der Waals surface area (Å²) >= 11 is 1.26. The van der Waals surface area contributed by atoms with Crippen LogP contribution in [0.5, 0.6) is 5.75 Å². The quantitative estimate of drug-likeness (QED) is 0.802. The lowest BCUT2D eigenvalue weighted by molar-refractivity contribution is -0.274. The standard InChI is InChI=1S/C11H7F3O3S/c12-11(13,14)17-8-1-2-9-7(4-16-6-15)5-18-10(9)3-8/h1-3,5-6H,4H2. The number of halogens is 3. The Morgan fingerprint density at radius 3 is 2.78 bits per heavy atom. The maximum atomic E-state index is 12.0. The third-order valence-electron chi connectivity index (χ3n) is 2.17. The normalized spacial score (nSPS) is 11.5. The zero-order valence-electron chi connectivity index (χ0n) is 8.86. The molecule has 1 aromatic heterocycles. The Morgan fingerprint density at radius 1 is 1.33 bits per heavy atom. The van der Waals surface area contributed by atoms with Gasteiger partial charge in [-0.15, -0.1) is 24.5 Å². The fraction of sp³-hybridized carbons (Fsp3) is 0.182. The molecule has 0 radical (unpaired) electrons. The van der Waals surface area contributed by atoms with Gasteiger partial charge in [-0.1, -0.05) is 0 Å². The number of carbonyl (C=O) groups excluding carboxylic acids is 1. The number of thiophene rings is 1. The van der Waals surface area contributed by atoms with Gasteiger partial charge in [0.15, 0.2) is 0 Å². The van der Waals surface area contributed by atoms with Crippen LogP contribution in [-0.2, 0) is 16.1 Å². The van der Waals surface area contributed by atoms with Gasteiger partial charge >= 0.3 is 6.36 Å². The van der Waals surface area contributed by atoms with Crippen LogP contribution in [0.3, 0.4) is 0 Å². The molecular weight excluding hydrogens is 269 g/mol. The molecule has 0 saturated heterocycles. The van der Waals surface area contributed by atoms with Crippen LogP contribution in [0.1, 0.15) is 5.56 Å². The lowest BCUT2D eigenvalue weighted by atomic mass is 10.2. The van der Waals surface area contributed by atoms with Crippen molar-refractivity contribution in [3.8, 4) is 5.75 Å². The topological polar surface area (TPSA) is 35.5 Å². The van der Waals surface area contributed by atoms with Crippen molar-refractivity contribution in [2.45, 2.75) is 13.0 Å². The zero-order chi connectivity index (χ0) is 13.2. The lowest BCUT2D eigenvalue weighted by Gasteiger charge is -2.08. The van der Waals surface area contributed by atoms with E-state index in [-0.39, 0.29) is 12.4 Å². The first-order valence-electron chi connectivity index (χ1n) is 4.81. The molecule has 0 N–H and O–H groups in total. The second-order valence-corrected chi connectivity index (χ2v) is 4.29. The first-order valence-corrected chi connectivity index (χ1v) is 5.69. The van der Waals surface area contributed by atoms with E-state index in [0.29, 0.717) is 11.2 Å². The van der Waals surface area contributed by atoms with Crippen LogP contribution in [0.4, 0.5) is 13.2 Å². The molecule has 0 fully saturated rings. The molecule has 0 saturated carbocycles. The average molecular weight is 276 g/mol. The minimum Gasteiger partial charge on any atom is -0.463 e. The maximum absolute atomic E-state index is 12.0. The minimum atomic E-state index is -4.70. The molecule has 2 aromatic rings. The Kier molecular flexibility index (Phi) is 3.42. The van der Waals surface area contributed by atoms with Gasteiger partial charge in [-0.25, -0.2) is 0 Å². The van der Waals surface area contributed by atoms with Gasteiger partial charge in [-0.3, -0.25) is 4.79 Å². The van der Waals surface area contributed by atoms with Crippen molar-refractivity contribution < 1.29 is 27.4 Å². The monoisotopic (exact) mass is 276 g/mol. The number of carbonyl (C=O) groups is 1. The summed E-state index contributed by atoms with van der Waals surface area (Å²) in [6, 6.07) is 4.04. The number of alkyl halides is 3. The molecule has 0 bridgehead atoms. The number of fused-ring (bicyclic) bond motifs is 1. The van der Waals surface area contributed by atoms with Crippen LogP contribution < -0.4 is 4.74 Å². The summed E-state index contributed by atoms with van der Waals surface area (Å²) < 4.78 is 45.2. The summed E-state index contributed by atoms with van der Waals surface area (Å²) in [6.07, 6.45) is -4.70. The molecule has 18 heavy (non-hydrogen) atoms. The fourth-order valence-corrected chi connectivity index (χ4v) is 2.47. The summed E-state index contributed by atoms with van der Waals surface area (Å²) in [6.45, 7) is 0.424. The van der Waals surface area contributed by atoms with Crippen molar-refractivity contribution in [3.63, 3.8) is 0 Å². The molecule has 0 atom stereocenters. The molecule has 0 aliphatic carbocycles. The minimum absolute atomic E-state index is 0.100. The summed E-state index contributed by atoms with van der Waals surface area (Å²) in [5, 5.41) is 2.47. The Bertz CT molecular complexity index is 562. The second-order valence-electron chi connectivity index (χ2n) is 3.37. The van der Waals surface area contributed by atoms with Crippen molar-refractivity contribution in [2.75, 3.05) is 0 Å². The van der Waals surface area contributed by atoms with Crippen molar-refractivity contribution in [1.82, 2.24) is 0 Å². The highest BCUT2D eigenvalue weighted by atomic mass is 32.1. The number of hydrogen-bond donors (Lipinski definition) is 0. The van der Waals surface area contributed by atoms with Crippen molar-refractivity contribution >= 4 is 27.9 Å². The van der Waals surface area contributed by atoms with Crippen LogP contribution in [0.2, 0.25) is 0 Å². The lowest BCUT2D eigenvalue weighted by Crippen LogP contribution is -2.16. The van der Waals surface area contributed by atoms with Crippen LogP contribution in [-0.4, -0.2) is 12.8 Å². The largest absolute Gasteiger partial charge is 0.573 e. The first kappa shape index (κ1) is 12.7. The molecule has 0 amide bonds. The van der Waals surface area contributed by atoms with E-state index in [9.17, 15) is 18.0 Å². The van der Waals surface area contributed by atoms with E-state index in [1.54, 1.807) is 5.38 Å².